The molecule has 4 aromatic carbocycles. The summed E-state index contributed by atoms with van der Waals surface area (Å²) in [6.45, 7) is 5.35. The van der Waals surface area contributed by atoms with E-state index in [9.17, 15) is 15.0 Å². The van der Waals surface area contributed by atoms with E-state index in [4.69, 9.17) is 24.3 Å². The van der Waals surface area contributed by atoms with Crippen LogP contribution in [0.1, 0.15) is 55.5 Å². The van der Waals surface area contributed by atoms with Gasteiger partial charge >= 0.3 is 5.97 Å². The maximum atomic E-state index is 12.5. The molecule has 70 heavy (non-hydrogen) atoms. The number of aromatic nitrogens is 8. The molecule has 0 aliphatic heterocycles. The Balaban J connectivity index is 0.000000178. The first-order chi connectivity index (χ1) is 34.0. The first kappa shape index (κ1) is 46.5. The Hall–Kier alpha value is -8.59. The van der Waals surface area contributed by atoms with Crippen LogP contribution in [0.5, 0.6) is 11.5 Å². The van der Waals surface area contributed by atoms with E-state index in [1.54, 1.807) is 70.5 Å². The topological polar surface area (TPSA) is 183 Å². The number of pyridine rings is 4. The molecule has 14 heteroatoms. The molecule has 0 spiro atoms. The van der Waals surface area contributed by atoms with Gasteiger partial charge in [-0.1, -0.05) is 72.8 Å². The monoisotopic (exact) mass is 930 g/mol. The van der Waals surface area contributed by atoms with E-state index in [1.807, 2.05) is 133 Å². The third kappa shape index (κ3) is 9.86. The third-order valence-corrected chi connectivity index (χ3v) is 11.7. The zero-order valence-corrected chi connectivity index (χ0v) is 39.2. The van der Waals surface area contributed by atoms with Crippen LogP contribution in [0, 0.1) is 5.41 Å². The quantitative estimate of drug-likeness (QED) is 0.0987. The number of carbonyl (C=O) groups excluding carboxylic acids is 1. The van der Waals surface area contributed by atoms with Gasteiger partial charge in [-0.2, -0.15) is 10.2 Å². The second kappa shape index (κ2) is 20.3. The molecule has 3 N–H and O–H groups in total. The lowest BCUT2D eigenvalue weighted by Gasteiger charge is -2.16. The molecule has 10 aromatic rings. The molecule has 0 amide bonds. The van der Waals surface area contributed by atoms with E-state index >= 15 is 0 Å². The Morgan fingerprint density at radius 2 is 1.16 bits per heavy atom. The highest BCUT2D eigenvalue weighted by molar-refractivity contribution is 5.96. The molecule has 2 atom stereocenters. The molecular formula is C56H50N8O6. The second-order valence-corrected chi connectivity index (χ2v) is 17.4. The van der Waals surface area contributed by atoms with E-state index in [-0.39, 0.29) is 12.7 Å². The summed E-state index contributed by atoms with van der Waals surface area (Å²) in [5.41, 5.74) is 10.1. The van der Waals surface area contributed by atoms with Crippen LogP contribution >= 0.6 is 0 Å². The summed E-state index contributed by atoms with van der Waals surface area (Å²) in [5, 5.41) is 35.6. The van der Waals surface area contributed by atoms with E-state index in [2.05, 4.69) is 31.2 Å². The Morgan fingerprint density at radius 3 is 1.73 bits per heavy atom. The number of nitrogens with one attached hydrogen (secondary N) is 1. The SMILES string of the molecule is COc1ccccc1-c1[nH]nc2ncc(-c3cccc(C(O)c4ccccn4)c3)cc12.COc1ccccc1-c1nn(COC(=O)C(C)(C)C)c2ncc(-c3cccc(C(O)c4ccccn4)c3)cc12. The van der Waals surface area contributed by atoms with Gasteiger partial charge in [-0.3, -0.25) is 19.9 Å². The van der Waals surface area contributed by atoms with Crippen molar-refractivity contribution in [2.45, 2.75) is 39.7 Å². The van der Waals surface area contributed by atoms with Gasteiger partial charge in [0.15, 0.2) is 18.0 Å². The van der Waals surface area contributed by atoms with Gasteiger partial charge in [-0.25, -0.2) is 14.6 Å². The van der Waals surface area contributed by atoms with Gasteiger partial charge < -0.3 is 24.4 Å². The van der Waals surface area contributed by atoms with Crippen molar-refractivity contribution in [1.82, 2.24) is 39.9 Å². The molecule has 6 heterocycles. The Morgan fingerprint density at radius 1 is 0.614 bits per heavy atom. The lowest BCUT2D eigenvalue weighted by Crippen LogP contribution is -2.24. The van der Waals surface area contributed by atoms with Crippen molar-refractivity contribution in [3.8, 4) is 56.3 Å². The summed E-state index contributed by atoms with van der Waals surface area (Å²) in [4.78, 5) is 30.3. The highest BCUT2D eigenvalue weighted by Crippen LogP contribution is 2.38. The number of H-pyrrole nitrogens is 1. The number of esters is 1. The smallest absolute Gasteiger partial charge is 0.313 e. The summed E-state index contributed by atoms with van der Waals surface area (Å²) >= 11 is 0. The molecule has 350 valence electrons. The number of methoxy groups -OCH3 is 2. The first-order valence-corrected chi connectivity index (χ1v) is 22.5. The second-order valence-electron chi connectivity index (χ2n) is 17.4. The fourth-order valence-corrected chi connectivity index (χ4v) is 7.99. The minimum absolute atomic E-state index is 0.0696. The number of hydrogen-bond donors (Lipinski definition) is 3. The van der Waals surface area contributed by atoms with Crippen LogP contribution in [-0.2, 0) is 16.3 Å². The molecule has 10 rings (SSSR count). The fraction of sp³-hybridized carbons (Fsp3) is 0.161. The lowest BCUT2D eigenvalue weighted by molar-refractivity contribution is -0.157. The maximum Gasteiger partial charge on any atom is 0.313 e. The highest BCUT2D eigenvalue weighted by Gasteiger charge is 2.25. The predicted molar refractivity (Wildman–Crippen MR) is 268 cm³/mol. The molecule has 6 aromatic heterocycles. The lowest BCUT2D eigenvalue weighted by atomic mass is 9.98. The maximum absolute atomic E-state index is 12.5. The summed E-state index contributed by atoms with van der Waals surface area (Å²) < 4.78 is 18.3. The standard InChI is InChI=1S/C31H30N4O4.C25H20N4O2/c1-31(2,3)30(37)39-19-35-29-24(27(34-35)23-12-5-6-14-26(23)38-4)17-22(18-33-29)20-10-9-11-21(16-20)28(36)25-13-7-8-15-32-25;1-31-22-11-3-2-9-19(22)23-20-14-18(15-27-25(20)29-28-23)16-7-6-8-17(13-16)24(30)21-10-4-5-12-26-21/h5-18,28,36H,19H2,1-4H3;2-15,24,30H,1H3,(H,27,28,29). The minimum atomic E-state index is -0.854. The average molecular weight is 931 g/mol. The third-order valence-electron chi connectivity index (χ3n) is 11.7. The number of aromatic amines is 1. The summed E-state index contributed by atoms with van der Waals surface area (Å²) in [6.07, 6.45) is 5.24. The predicted octanol–water partition coefficient (Wildman–Crippen LogP) is 10.6. The number of hydrogen-bond acceptors (Lipinski definition) is 12. The van der Waals surface area contributed by atoms with Crippen molar-refractivity contribution < 1.29 is 29.2 Å². The first-order valence-electron chi connectivity index (χ1n) is 22.5. The minimum Gasteiger partial charge on any atom is -0.496 e. The van der Waals surface area contributed by atoms with Crippen LogP contribution in [0.2, 0.25) is 0 Å². The highest BCUT2D eigenvalue weighted by atomic mass is 16.5. The van der Waals surface area contributed by atoms with Gasteiger partial charge in [-0.05, 0) is 116 Å². The van der Waals surface area contributed by atoms with Crippen LogP contribution in [0.4, 0.5) is 0 Å². The molecule has 0 saturated heterocycles. The number of rotatable bonds is 12. The van der Waals surface area contributed by atoms with Crippen molar-refractivity contribution in [3.05, 3.63) is 193 Å². The van der Waals surface area contributed by atoms with E-state index in [0.717, 1.165) is 66.7 Å². The summed E-state index contributed by atoms with van der Waals surface area (Å²) in [6, 6.07) is 45.9. The fourth-order valence-electron chi connectivity index (χ4n) is 7.99. The number of ether oxygens (including phenoxy) is 3. The number of benzene rings is 4. The van der Waals surface area contributed by atoms with Gasteiger partial charge in [0.25, 0.3) is 0 Å². The average Bonchev–Trinajstić information content (AvgIpc) is 4.01. The van der Waals surface area contributed by atoms with Crippen LogP contribution in [0.3, 0.4) is 0 Å². The van der Waals surface area contributed by atoms with E-state index in [1.165, 1.54) is 0 Å². The Bertz CT molecular complexity index is 3430. The number of aliphatic hydroxyl groups excluding tert-OH is 2. The normalized spacial score (nSPS) is 12.2. The van der Waals surface area contributed by atoms with Crippen LogP contribution < -0.4 is 9.47 Å². The number of aliphatic hydroxyl groups is 2. The van der Waals surface area contributed by atoms with Crippen molar-refractivity contribution in [2.75, 3.05) is 14.2 Å². The Kier molecular flexibility index (Phi) is 13.5. The number of para-hydroxylation sites is 2. The van der Waals surface area contributed by atoms with Crippen molar-refractivity contribution in [3.63, 3.8) is 0 Å². The zero-order valence-electron chi connectivity index (χ0n) is 39.2. The molecule has 0 fully saturated rings. The van der Waals surface area contributed by atoms with Crippen molar-refractivity contribution in [1.29, 1.82) is 0 Å². The molecule has 0 saturated carbocycles. The van der Waals surface area contributed by atoms with Gasteiger partial charge in [0.1, 0.15) is 29.4 Å². The van der Waals surface area contributed by atoms with Gasteiger partial charge in [0.05, 0.1) is 36.7 Å². The summed E-state index contributed by atoms with van der Waals surface area (Å²) in [7, 11) is 3.27. The molecule has 2 unspecified atom stereocenters. The molecule has 0 bridgehead atoms. The number of carbonyl (C=O) groups is 1. The van der Waals surface area contributed by atoms with Gasteiger partial charge in [0, 0.05) is 57.8 Å². The van der Waals surface area contributed by atoms with Crippen LogP contribution in [0.15, 0.2) is 170 Å². The molecule has 0 aliphatic carbocycles. The molecule has 0 radical (unpaired) electrons. The van der Waals surface area contributed by atoms with E-state index < -0.39 is 17.6 Å². The van der Waals surface area contributed by atoms with E-state index in [0.29, 0.717) is 34.1 Å². The largest absolute Gasteiger partial charge is 0.496 e. The number of nitrogens with zero attached hydrogens (tertiary/aromatic N) is 7. The molecular weight excluding hydrogens is 881 g/mol. The van der Waals surface area contributed by atoms with Crippen molar-refractivity contribution >= 4 is 28.0 Å². The summed E-state index contributed by atoms with van der Waals surface area (Å²) in [5.74, 6) is 1.10. The molecule has 0 aliphatic rings. The molecule has 14 nitrogen and oxygen atoms in total. The Labute approximate surface area is 404 Å². The number of fused-ring (bicyclic) bond motifs is 2. The van der Waals surface area contributed by atoms with Gasteiger partial charge in [-0.15, -0.1) is 0 Å². The van der Waals surface area contributed by atoms with Crippen molar-refractivity contribution in [2.24, 2.45) is 5.41 Å². The van der Waals surface area contributed by atoms with Crippen LogP contribution in [-0.4, -0.2) is 70.3 Å². The van der Waals surface area contributed by atoms with Crippen LogP contribution in [0.25, 0.3) is 66.8 Å². The zero-order chi connectivity index (χ0) is 48.8. The van der Waals surface area contributed by atoms with Gasteiger partial charge in [0.2, 0.25) is 0 Å².